The molecule has 1 saturated carbocycles. The molecule has 2 aromatic rings. The van der Waals surface area contributed by atoms with Gasteiger partial charge in [0.2, 0.25) is 5.91 Å². The molecule has 1 atom stereocenters. The fourth-order valence-corrected chi connectivity index (χ4v) is 4.66. The maximum absolute atomic E-state index is 12.7. The van der Waals surface area contributed by atoms with Crippen molar-refractivity contribution in [3.63, 3.8) is 0 Å². The monoisotopic (exact) mass is 500 g/mol. The topological polar surface area (TPSA) is 104 Å². The van der Waals surface area contributed by atoms with Gasteiger partial charge in [0.25, 0.3) is 11.7 Å². The summed E-state index contributed by atoms with van der Waals surface area (Å²) >= 11 is 0. The molecule has 10 heteroatoms. The van der Waals surface area contributed by atoms with Gasteiger partial charge in [-0.2, -0.15) is 4.99 Å². The molecule has 6 rings (SSSR count). The number of amidine groups is 1. The van der Waals surface area contributed by atoms with Gasteiger partial charge in [-0.1, -0.05) is 12.1 Å². The van der Waals surface area contributed by atoms with Gasteiger partial charge in [-0.15, -0.1) is 0 Å². The second-order valence-corrected chi connectivity index (χ2v) is 9.64. The lowest BCUT2D eigenvalue weighted by atomic mass is 10.1. The van der Waals surface area contributed by atoms with Crippen molar-refractivity contribution in [1.29, 1.82) is 0 Å². The zero-order chi connectivity index (χ0) is 25.2. The molecule has 1 unspecified atom stereocenters. The maximum Gasteiger partial charge on any atom is 0.257 e. The van der Waals surface area contributed by atoms with Crippen LogP contribution in [0.25, 0.3) is 0 Å². The summed E-state index contributed by atoms with van der Waals surface area (Å²) in [5, 5.41) is 6.44. The van der Waals surface area contributed by atoms with Crippen molar-refractivity contribution in [2.24, 2.45) is 4.99 Å². The van der Waals surface area contributed by atoms with E-state index in [-0.39, 0.29) is 11.8 Å². The van der Waals surface area contributed by atoms with Crippen LogP contribution >= 0.6 is 0 Å². The lowest BCUT2D eigenvalue weighted by Gasteiger charge is -2.30. The van der Waals surface area contributed by atoms with Crippen molar-refractivity contribution in [3.05, 3.63) is 78.0 Å². The van der Waals surface area contributed by atoms with Crippen molar-refractivity contribution in [2.75, 3.05) is 43.2 Å². The minimum Gasteiger partial charge on any atom is -0.378 e. The average Bonchev–Trinajstić information content (AvgIpc) is 3.60. The maximum atomic E-state index is 12.7. The number of pyridine rings is 1. The molecule has 1 aromatic carbocycles. The van der Waals surface area contributed by atoms with Crippen molar-refractivity contribution < 1.29 is 19.2 Å². The first-order valence-electron chi connectivity index (χ1n) is 12.7. The van der Waals surface area contributed by atoms with Crippen molar-refractivity contribution >= 4 is 29.2 Å². The number of fused-ring (bicyclic) bond motifs is 1. The third-order valence-electron chi connectivity index (χ3n) is 6.79. The number of aliphatic imine (C=N–C) groups is 1. The number of hydrogen-bond acceptors (Lipinski definition) is 7. The molecule has 1 saturated heterocycles. The third-order valence-corrected chi connectivity index (χ3v) is 6.79. The Bertz CT molecular complexity index is 1280. The summed E-state index contributed by atoms with van der Waals surface area (Å²) in [6, 6.07) is 12.0. The number of carbonyl (C=O) groups is 2. The molecule has 37 heavy (non-hydrogen) atoms. The van der Waals surface area contributed by atoms with Crippen LogP contribution in [-0.4, -0.2) is 66.5 Å². The smallest absolute Gasteiger partial charge is 0.257 e. The highest BCUT2D eigenvalue weighted by molar-refractivity contribution is 5.97. The fraction of sp³-hybridized carbons (Fsp3) is 0.333. The van der Waals surface area contributed by atoms with E-state index in [0.29, 0.717) is 56.8 Å². The number of quaternary nitrogens is 1. The van der Waals surface area contributed by atoms with E-state index < -0.39 is 0 Å². The van der Waals surface area contributed by atoms with Crippen LogP contribution in [0.1, 0.15) is 28.8 Å². The number of morpholine rings is 1. The average molecular weight is 501 g/mol. The van der Waals surface area contributed by atoms with Gasteiger partial charge in [0.15, 0.2) is 6.67 Å². The van der Waals surface area contributed by atoms with E-state index in [1.807, 2.05) is 36.7 Å². The van der Waals surface area contributed by atoms with Crippen molar-refractivity contribution in [3.8, 4) is 0 Å². The summed E-state index contributed by atoms with van der Waals surface area (Å²) in [5.74, 6) is 1.55. The minimum absolute atomic E-state index is 0.0314. The largest absolute Gasteiger partial charge is 0.378 e. The lowest BCUT2D eigenvalue weighted by Crippen LogP contribution is -3.12. The number of nitrogens with one attached hydrogen (secondary N) is 3. The van der Waals surface area contributed by atoms with Crippen molar-refractivity contribution in [1.82, 2.24) is 15.2 Å². The van der Waals surface area contributed by atoms with Crippen LogP contribution in [0.4, 0.5) is 11.5 Å². The molecule has 1 aromatic heterocycles. The van der Waals surface area contributed by atoms with Gasteiger partial charge >= 0.3 is 0 Å². The third kappa shape index (κ3) is 5.40. The molecule has 0 bridgehead atoms. The summed E-state index contributed by atoms with van der Waals surface area (Å²) in [6.07, 6.45) is 9.98. The van der Waals surface area contributed by atoms with E-state index in [4.69, 9.17) is 4.74 Å². The predicted molar refractivity (Wildman–Crippen MR) is 139 cm³/mol. The highest BCUT2D eigenvalue weighted by Crippen LogP contribution is 2.22. The SMILES string of the molecule is O=C(Cc1cccc(N2C=C(Nc3ccc(C(=O)N4CCOCC4)cn3)C3=NC=C[NH+]3C2)c1)NC1CC1. The predicted octanol–water partition coefficient (Wildman–Crippen LogP) is 0.874. The quantitative estimate of drug-likeness (QED) is 0.522. The van der Waals surface area contributed by atoms with Crippen LogP contribution in [0.15, 0.2) is 71.9 Å². The number of amides is 2. The number of carbonyl (C=O) groups excluding carboxylic acids is 2. The Kier molecular flexibility index (Phi) is 6.42. The summed E-state index contributed by atoms with van der Waals surface area (Å²) < 4.78 is 5.34. The number of benzene rings is 1. The van der Waals surface area contributed by atoms with Gasteiger partial charge in [0.05, 0.1) is 31.4 Å². The number of nitrogens with zero attached hydrogens (tertiary/aromatic N) is 4. The molecule has 1 aliphatic carbocycles. The fourth-order valence-electron chi connectivity index (χ4n) is 4.66. The molecule has 3 N–H and O–H groups in total. The molecule has 10 nitrogen and oxygen atoms in total. The van der Waals surface area contributed by atoms with E-state index in [1.54, 1.807) is 23.4 Å². The molecule has 2 fully saturated rings. The zero-order valence-corrected chi connectivity index (χ0v) is 20.5. The highest BCUT2D eigenvalue weighted by Gasteiger charge is 2.31. The van der Waals surface area contributed by atoms with E-state index in [0.717, 1.165) is 40.5 Å². The number of aromatic nitrogens is 1. The second-order valence-electron chi connectivity index (χ2n) is 9.64. The highest BCUT2D eigenvalue weighted by atomic mass is 16.5. The molecule has 4 aliphatic rings. The van der Waals surface area contributed by atoms with Crippen LogP contribution in [0.3, 0.4) is 0 Å². The number of rotatable bonds is 7. The first-order chi connectivity index (χ1) is 18.1. The summed E-state index contributed by atoms with van der Waals surface area (Å²) in [5.41, 5.74) is 3.36. The van der Waals surface area contributed by atoms with Crippen LogP contribution in [0.2, 0.25) is 0 Å². The van der Waals surface area contributed by atoms with Gasteiger partial charge in [-0.25, -0.2) is 9.88 Å². The Labute approximate surface area is 215 Å². The number of ether oxygens (including phenoxy) is 1. The van der Waals surface area contributed by atoms with Gasteiger partial charge in [-0.3, -0.25) is 14.5 Å². The molecule has 0 radical (unpaired) electrons. The molecule has 3 aliphatic heterocycles. The van der Waals surface area contributed by atoms with Gasteiger partial charge < -0.3 is 20.3 Å². The Morgan fingerprint density at radius 3 is 2.78 bits per heavy atom. The number of anilines is 2. The summed E-state index contributed by atoms with van der Waals surface area (Å²) in [6.45, 7) is 3.00. The minimum atomic E-state index is -0.0314. The van der Waals surface area contributed by atoms with Crippen LogP contribution in [0.5, 0.6) is 0 Å². The van der Waals surface area contributed by atoms with Gasteiger partial charge in [-0.05, 0) is 42.7 Å². The molecule has 190 valence electrons. The first-order valence-corrected chi connectivity index (χ1v) is 12.7. The zero-order valence-electron chi connectivity index (χ0n) is 20.5. The molecule has 2 amide bonds. The normalized spacial score (nSPS) is 20.7. The summed E-state index contributed by atoms with van der Waals surface area (Å²) in [4.78, 5) is 39.1. The lowest BCUT2D eigenvalue weighted by molar-refractivity contribution is -0.743. The van der Waals surface area contributed by atoms with Crippen molar-refractivity contribution in [2.45, 2.75) is 25.3 Å². The Morgan fingerprint density at radius 2 is 2.00 bits per heavy atom. The van der Waals surface area contributed by atoms with Gasteiger partial charge in [0.1, 0.15) is 17.7 Å². The van der Waals surface area contributed by atoms with E-state index >= 15 is 0 Å². The second kappa shape index (κ2) is 10.2. The van der Waals surface area contributed by atoms with E-state index in [2.05, 4.69) is 31.6 Å². The van der Waals surface area contributed by atoms with Crippen LogP contribution in [0, 0.1) is 0 Å². The Morgan fingerprint density at radius 1 is 1.14 bits per heavy atom. The number of hydrogen-bond donors (Lipinski definition) is 3. The van der Waals surface area contributed by atoms with Crippen LogP contribution < -0.4 is 20.4 Å². The molecule has 4 heterocycles. The Hall–Kier alpha value is -4.02. The van der Waals surface area contributed by atoms with Gasteiger partial charge in [0, 0.05) is 37.2 Å². The molecular formula is C27H30N7O3+. The standard InChI is InChI=1S/C27H29N7O3/c35-25(30-21-5-6-21)15-19-2-1-3-22(14-19)34-17-23(26-28-8-9-33(26)18-34)31-24-7-4-20(16-29-24)27(36)32-10-12-37-13-11-32/h1-4,7-9,14,16-17,21H,5-6,10-13,15,18H2,(H,29,31)(H,30,35)/p+1. The van der Waals surface area contributed by atoms with Crippen LogP contribution in [-0.2, 0) is 16.0 Å². The van der Waals surface area contributed by atoms with E-state index in [1.165, 1.54) is 0 Å². The summed E-state index contributed by atoms with van der Waals surface area (Å²) in [7, 11) is 0. The van der Waals surface area contributed by atoms with E-state index in [9.17, 15) is 9.59 Å². The molecular weight excluding hydrogens is 470 g/mol. The first kappa shape index (κ1) is 23.4. The Balaban J connectivity index is 1.18. The molecule has 0 spiro atoms.